The minimum absolute atomic E-state index is 0.0961. The highest BCUT2D eigenvalue weighted by Crippen LogP contribution is 2.24. The van der Waals surface area contributed by atoms with Crippen LogP contribution in [-0.2, 0) is 21.5 Å². The molecule has 1 atom stereocenters. The van der Waals surface area contributed by atoms with E-state index in [1.807, 2.05) is 12.1 Å². The lowest BCUT2D eigenvalue weighted by Crippen LogP contribution is -2.36. The number of hydrogen-bond acceptors (Lipinski definition) is 4. The van der Waals surface area contributed by atoms with E-state index in [2.05, 4.69) is 67.4 Å². The first-order chi connectivity index (χ1) is 13.8. The Bertz CT molecular complexity index is 788. The Hall–Kier alpha value is -2.53. The van der Waals surface area contributed by atoms with Gasteiger partial charge in [-0.15, -0.1) is 0 Å². The number of nitrogens with one attached hydrogen (secondary N) is 1. The Balaban J connectivity index is 1.48. The van der Waals surface area contributed by atoms with Crippen LogP contribution in [0.4, 0.5) is 5.69 Å². The van der Waals surface area contributed by atoms with Crippen molar-refractivity contribution in [1.82, 2.24) is 5.32 Å². The van der Waals surface area contributed by atoms with Gasteiger partial charge in [0.2, 0.25) is 0 Å². The maximum atomic E-state index is 12.4. The Morgan fingerprint density at radius 2 is 1.69 bits per heavy atom. The molecule has 0 spiro atoms. The molecule has 29 heavy (non-hydrogen) atoms. The molecular formula is C24H32N2O3. The number of benzene rings is 2. The fraction of sp³-hybridized carbons (Fsp3) is 0.458. The molecule has 0 bridgehead atoms. The van der Waals surface area contributed by atoms with E-state index < -0.39 is 6.10 Å². The number of nitrogens with zero attached hydrogens (tertiary/aromatic N) is 1. The van der Waals surface area contributed by atoms with E-state index in [9.17, 15) is 4.79 Å². The van der Waals surface area contributed by atoms with Crippen LogP contribution in [0.3, 0.4) is 0 Å². The van der Waals surface area contributed by atoms with Gasteiger partial charge in [0.1, 0.15) is 5.75 Å². The zero-order valence-corrected chi connectivity index (χ0v) is 17.9. The average molecular weight is 397 g/mol. The molecule has 5 heteroatoms. The molecule has 0 unspecified atom stereocenters. The maximum absolute atomic E-state index is 12.4. The van der Waals surface area contributed by atoms with Gasteiger partial charge in [0.05, 0.1) is 13.2 Å². The van der Waals surface area contributed by atoms with E-state index >= 15 is 0 Å². The van der Waals surface area contributed by atoms with E-state index in [1.54, 1.807) is 6.92 Å². The van der Waals surface area contributed by atoms with Crippen LogP contribution < -0.4 is 15.0 Å². The van der Waals surface area contributed by atoms with Gasteiger partial charge >= 0.3 is 0 Å². The van der Waals surface area contributed by atoms with Crippen LogP contribution in [0.5, 0.6) is 5.75 Å². The zero-order valence-electron chi connectivity index (χ0n) is 17.9. The topological polar surface area (TPSA) is 50.8 Å². The van der Waals surface area contributed by atoms with Gasteiger partial charge in [-0.25, -0.2) is 0 Å². The van der Waals surface area contributed by atoms with E-state index in [1.165, 1.54) is 11.3 Å². The van der Waals surface area contributed by atoms with Crippen LogP contribution in [-0.4, -0.2) is 38.3 Å². The second-order valence-electron chi connectivity index (χ2n) is 8.52. The molecule has 0 saturated carbocycles. The van der Waals surface area contributed by atoms with E-state index in [0.29, 0.717) is 12.3 Å². The van der Waals surface area contributed by atoms with Gasteiger partial charge < -0.3 is 19.7 Å². The summed E-state index contributed by atoms with van der Waals surface area (Å²) in [5, 5.41) is 2.96. The van der Waals surface area contributed by atoms with Crippen molar-refractivity contribution in [2.45, 2.75) is 45.8 Å². The molecule has 156 valence electrons. The molecule has 0 aromatic heterocycles. The van der Waals surface area contributed by atoms with E-state index in [0.717, 1.165) is 31.9 Å². The highest BCUT2D eigenvalue weighted by molar-refractivity contribution is 5.80. The number of ether oxygens (including phenoxy) is 2. The summed E-state index contributed by atoms with van der Waals surface area (Å²) in [5.41, 5.74) is 3.59. The van der Waals surface area contributed by atoms with Crippen molar-refractivity contribution in [2.75, 3.05) is 31.2 Å². The third-order valence-corrected chi connectivity index (χ3v) is 5.18. The molecule has 2 aromatic rings. The van der Waals surface area contributed by atoms with Crippen LogP contribution >= 0.6 is 0 Å². The Kier molecular flexibility index (Phi) is 6.80. The summed E-state index contributed by atoms with van der Waals surface area (Å²) < 4.78 is 11.2. The number of anilines is 1. The SMILES string of the molecule is C[C@H](Oc1ccc(C(C)(C)C)cc1)C(=O)NCc1ccc(N2CCOCC2)cc1. The summed E-state index contributed by atoms with van der Waals surface area (Å²) in [5.74, 6) is 0.581. The minimum atomic E-state index is -0.553. The Morgan fingerprint density at radius 1 is 1.07 bits per heavy atom. The van der Waals surface area contributed by atoms with Crippen molar-refractivity contribution in [3.63, 3.8) is 0 Å². The molecule has 1 N–H and O–H groups in total. The van der Waals surface area contributed by atoms with E-state index in [4.69, 9.17) is 9.47 Å². The number of morpholine rings is 1. The molecular weight excluding hydrogens is 364 g/mol. The Morgan fingerprint density at radius 3 is 2.28 bits per heavy atom. The molecule has 1 aliphatic rings. The summed E-state index contributed by atoms with van der Waals surface area (Å²) in [4.78, 5) is 14.7. The summed E-state index contributed by atoms with van der Waals surface area (Å²) >= 11 is 0. The van der Waals surface area contributed by atoms with Gasteiger partial charge in [0, 0.05) is 25.3 Å². The summed E-state index contributed by atoms with van der Waals surface area (Å²) in [6, 6.07) is 16.3. The first-order valence-corrected chi connectivity index (χ1v) is 10.3. The van der Waals surface area contributed by atoms with Crippen LogP contribution in [0.15, 0.2) is 48.5 Å². The number of carbonyl (C=O) groups excluding carboxylic acids is 1. The first kappa shape index (κ1) is 21.2. The highest BCUT2D eigenvalue weighted by atomic mass is 16.5. The van der Waals surface area contributed by atoms with Gasteiger partial charge in [0.15, 0.2) is 6.10 Å². The molecule has 1 aliphatic heterocycles. The quantitative estimate of drug-likeness (QED) is 0.804. The third-order valence-electron chi connectivity index (χ3n) is 5.18. The maximum Gasteiger partial charge on any atom is 0.261 e. The second kappa shape index (κ2) is 9.31. The van der Waals surface area contributed by atoms with Crippen molar-refractivity contribution >= 4 is 11.6 Å². The van der Waals surface area contributed by atoms with Crippen LogP contribution in [0, 0.1) is 0 Å². The molecule has 1 saturated heterocycles. The summed E-state index contributed by atoms with van der Waals surface area (Å²) in [6.45, 7) is 12.2. The average Bonchev–Trinajstić information content (AvgIpc) is 2.72. The number of rotatable bonds is 6. The van der Waals surface area contributed by atoms with E-state index in [-0.39, 0.29) is 11.3 Å². The monoisotopic (exact) mass is 396 g/mol. The second-order valence-corrected chi connectivity index (χ2v) is 8.52. The van der Waals surface area contributed by atoms with Crippen LogP contribution in [0.25, 0.3) is 0 Å². The lowest BCUT2D eigenvalue weighted by Gasteiger charge is -2.28. The Labute approximate surface area is 174 Å². The van der Waals surface area contributed by atoms with Crippen molar-refractivity contribution in [2.24, 2.45) is 0 Å². The zero-order chi connectivity index (χ0) is 20.9. The minimum Gasteiger partial charge on any atom is -0.481 e. The van der Waals surface area contributed by atoms with Crippen molar-refractivity contribution in [3.8, 4) is 5.75 Å². The lowest BCUT2D eigenvalue weighted by atomic mass is 9.87. The van der Waals surface area contributed by atoms with Gasteiger partial charge in [-0.05, 0) is 47.7 Å². The molecule has 1 fully saturated rings. The van der Waals surface area contributed by atoms with Crippen LogP contribution in [0.1, 0.15) is 38.8 Å². The first-order valence-electron chi connectivity index (χ1n) is 10.3. The molecule has 0 radical (unpaired) electrons. The molecule has 0 aliphatic carbocycles. The van der Waals surface area contributed by atoms with Gasteiger partial charge in [0.25, 0.3) is 5.91 Å². The molecule has 5 nitrogen and oxygen atoms in total. The fourth-order valence-electron chi connectivity index (χ4n) is 3.27. The standard InChI is InChI=1S/C24H32N2O3/c1-18(29-22-11-7-20(8-12-22)24(2,3)4)23(27)25-17-19-5-9-21(10-6-19)26-13-15-28-16-14-26/h5-12,18H,13-17H2,1-4H3,(H,25,27)/t18-/m0/s1. The number of hydrogen-bond donors (Lipinski definition) is 1. The third kappa shape index (κ3) is 5.97. The number of amides is 1. The molecule has 1 heterocycles. The van der Waals surface area contributed by atoms with Gasteiger partial charge in [-0.2, -0.15) is 0 Å². The van der Waals surface area contributed by atoms with Crippen molar-refractivity contribution in [1.29, 1.82) is 0 Å². The summed E-state index contributed by atoms with van der Waals surface area (Å²) in [7, 11) is 0. The number of carbonyl (C=O) groups is 1. The molecule has 1 amide bonds. The predicted molar refractivity (Wildman–Crippen MR) is 117 cm³/mol. The smallest absolute Gasteiger partial charge is 0.261 e. The van der Waals surface area contributed by atoms with Crippen LogP contribution in [0.2, 0.25) is 0 Å². The lowest BCUT2D eigenvalue weighted by molar-refractivity contribution is -0.127. The van der Waals surface area contributed by atoms with Crippen molar-refractivity contribution in [3.05, 3.63) is 59.7 Å². The van der Waals surface area contributed by atoms with Gasteiger partial charge in [-0.3, -0.25) is 4.79 Å². The predicted octanol–water partition coefficient (Wildman–Crippen LogP) is 3.90. The molecule has 2 aromatic carbocycles. The highest BCUT2D eigenvalue weighted by Gasteiger charge is 2.17. The van der Waals surface area contributed by atoms with Crippen molar-refractivity contribution < 1.29 is 14.3 Å². The molecule has 3 rings (SSSR count). The fourth-order valence-corrected chi connectivity index (χ4v) is 3.27. The summed E-state index contributed by atoms with van der Waals surface area (Å²) in [6.07, 6.45) is -0.553. The normalized spacial score (nSPS) is 15.7. The largest absolute Gasteiger partial charge is 0.481 e. The van der Waals surface area contributed by atoms with Gasteiger partial charge in [-0.1, -0.05) is 45.0 Å².